The van der Waals surface area contributed by atoms with Gasteiger partial charge in [0, 0.05) is 23.6 Å². The molecule has 4 aromatic carbocycles. The van der Waals surface area contributed by atoms with Gasteiger partial charge in [-0.3, -0.25) is 9.98 Å². The number of hydrogen-bond acceptors (Lipinski definition) is 4. The van der Waals surface area contributed by atoms with Crippen LogP contribution in [0.2, 0.25) is 0 Å². The Bertz CT molecular complexity index is 1200. The highest BCUT2D eigenvalue weighted by molar-refractivity contribution is 5.85. The summed E-state index contributed by atoms with van der Waals surface area (Å²) in [5.41, 5.74) is 5.42. The van der Waals surface area contributed by atoms with Crippen molar-refractivity contribution in [3.05, 3.63) is 130 Å². The van der Waals surface area contributed by atoms with E-state index in [2.05, 4.69) is 0 Å². The minimum atomic E-state index is -0.341. The maximum Gasteiger partial charge on any atom is 0.124 e. The molecule has 2 unspecified atom stereocenters. The number of phenolic OH excluding ortho intramolecular Hbond substituents is 2. The zero-order chi connectivity index (χ0) is 23.9. The number of aryl methyl sites for hydroxylation is 2. The third kappa shape index (κ3) is 5.59. The molecule has 0 aliphatic heterocycles. The number of aliphatic imine (C=N–C) groups is 2. The van der Waals surface area contributed by atoms with Crippen LogP contribution in [0.15, 0.2) is 107 Å². The third-order valence-corrected chi connectivity index (χ3v) is 5.70. The zero-order valence-electron chi connectivity index (χ0n) is 19.3. The van der Waals surface area contributed by atoms with E-state index in [4.69, 9.17) is 9.98 Å². The van der Waals surface area contributed by atoms with Gasteiger partial charge in [-0.05, 0) is 49.2 Å². The van der Waals surface area contributed by atoms with Crippen molar-refractivity contribution in [2.45, 2.75) is 25.9 Å². The summed E-state index contributed by atoms with van der Waals surface area (Å²) in [4.78, 5) is 9.87. The van der Waals surface area contributed by atoms with Gasteiger partial charge in [0.15, 0.2) is 0 Å². The summed E-state index contributed by atoms with van der Waals surface area (Å²) in [5, 5.41) is 20.7. The molecule has 4 aromatic rings. The number of nitrogens with zero attached hydrogens (tertiary/aromatic N) is 2. The first-order valence-electron chi connectivity index (χ1n) is 11.3. The van der Waals surface area contributed by atoms with Crippen molar-refractivity contribution in [2.24, 2.45) is 9.98 Å². The molecule has 4 heteroatoms. The van der Waals surface area contributed by atoms with Crippen LogP contribution in [0.25, 0.3) is 0 Å². The van der Waals surface area contributed by atoms with E-state index in [9.17, 15) is 10.2 Å². The van der Waals surface area contributed by atoms with Crippen LogP contribution in [0.4, 0.5) is 0 Å². The van der Waals surface area contributed by atoms with E-state index < -0.39 is 0 Å². The SMILES string of the molecule is Cc1ccc(O)c(C=NC(c2ccccc2)C(N=Cc2cc(C)ccc2O)c2ccccc2)c1. The molecular formula is C30H28N2O2. The van der Waals surface area contributed by atoms with Crippen molar-refractivity contribution >= 4 is 12.4 Å². The molecular weight excluding hydrogens is 420 g/mol. The Morgan fingerprint density at radius 1 is 0.559 bits per heavy atom. The predicted octanol–water partition coefficient (Wildman–Crippen LogP) is 6.74. The molecule has 2 N–H and O–H groups in total. The lowest BCUT2D eigenvalue weighted by atomic mass is 9.94. The molecule has 0 spiro atoms. The Hall–Kier alpha value is -4.18. The minimum absolute atomic E-state index is 0.186. The largest absolute Gasteiger partial charge is 0.507 e. The van der Waals surface area contributed by atoms with Crippen LogP contribution in [0, 0.1) is 13.8 Å². The van der Waals surface area contributed by atoms with Gasteiger partial charge < -0.3 is 10.2 Å². The highest BCUT2D eigenvalue weighted by Gasteiger charge is 2.23. The number of rotatable bonds is 7. The molecule has 0 fully saturated rings. The standard InChI is InChI=1S/C30H28N2O2/c1-21-13-15-27(33)25(17-21)19-31-29(23-9-5-3-6-10-23)30(24-11-7-4-8-12-24)32-20-26-18-22(2)14-16-28(26)34/h3-20,29-30,33-34H,1-2H3. The molecule has 4 rings (SSSR count). The molecule has 0 aliphatic carbocycles. The molecule has 34 heavy (non-hydrogen) atoms. The maximum atomic E-state index is 10.3. The molecule has 0 aliphatic rings. The fourth-order valence-electron chi connectivity index (χ4n) is 3.88. The molecule has 0 bridgehead atoms. The van der Waals surface area contributed by atoms with Gasteiger partial charge >= 0.3 is 0 Å². The van der Waals surface area contributed by atoms with Gasteiger partial charge in [-0.2, -0.15) is 0 Å². The van der Waals surface area contributed by atoms with Gasteiger partial charge in [-0.1, -0.05) is 83.9 Å². The van der Waals surface area contributed by atoms with E-state index in [1.54, 1.807) is 24.6 Å². The quantitative estimate of drug-likeness (QED) is 0.308. The van der Waals surface area contributed by atoms with E-state index in [0.717, 1.165) is 22.3 Å². The summed E-state index contributed by atoms with van der Waals surface area (Å²) < 4.78 is 0. The summed E-state index contributed by atoms with van der Waals surface area (Å²) in [6.45, 7) is 3.97. The van der Waals surface area contributed by atoms with Crippen LogP contribution in [0.1, 0.15) is 45.5 Å². The van der Waals surface area contributed by atoms with Crippen LogP contribution in [-0.2, 0) is 0 Å². The molecule has 4 nitrogen and oxygen atoms in total. The Labute approximate surface area is 200 Å². The molecule has 0 aromatic heterocycles. The smallest absolute Gasteiger partial charge is 0.124 e. The first-order valence-corrected chi connectivity index (χ1v) is 11.3. The Morgan fingerprint density at radius 3 is 1.32 bits per heavy atom. The first-order chi connectivity index (χ1) is 16.5. The second-order valence-electron chi connectivity index (χ2n) is 8.39. The first kappa shape index (κ1) is 23.0. The number of benzene rings is 4. The van der Waals surface area contributed by atoms with Gasteiger partial charge in [0.1, 0.15) is 23.6 Å². The normalized spacial score (nSPS) is 13.4. The zero-order valence-corrected chi connectivity index (χ0v) is 19.3. The molecule has 0 saturated carbocycles. The fraction of sp³-hybridized carbons (Fsp3) is 0.133. The molecule has 0 saturated heterocycles. The van der Waals surface area contributed by atoms with Crippen molar-refractivity contribution in [1.82, 2.24) is 0 Å². The molecule has 0 radical (unpaired) electrons. The van der Waals surface area contributed by atoms with E-state index in [-0.39, 0.29) is 23.6 Å². The number of hydrogen-bond donors (Lipinski definition) is 2. The second kappa shape index (κ2) is 10.6. The second-order valence-corrected chi connectivity index (χ2v) is 8.39. The van der Waals surface area contributed by atoms with Crippen molar-refractivity contribution in [1.29, 1.82) is 0 Å². The van der Waals surface area contributed by atoms with Crippen molar-refractivity contribution in [2.75, 3.05) is 0 Å². The topological polar surface area (TPSA) is 65.2 Å². The Kier molecular flexibility index (Phi) is 7.19. The van der Waals surface area contributed by atoms with Gasteiger partial charge in [-0.25, -0.2) is 0 Å². The average Bonchev–Trinajstić information content (AvgIpc) is 2.86. The van der Waals surface area contributed by atoms with E-state index in [1.165, 1.54) is 0 Å². The van der Waals surface area contributed by atoms with E-state index in [1.807, 2.05) is 98.8 Å². The van der Waals surface area contributed by atoms with Crippen LogP contribution in [0.3, 0.4) is 0 Å². The lowest BCUT2D eigenvalue weighted by molar-refractivity contribution is 0.473. The van der Waals surface area contributed by atoms with Crippen LogP contribution >= 0.6 is 0 Å². The number of aromatic hydroxyl groups is 2. The van der Waals surface area contributed by atoms with Crippen molar-refractivity contribution in [3.8, 4) is 11.5 Å². The van der Waals surface area contributed by atoms with Crippen molar-refractivity contribution < 1.29 is 10.2 Å². The van der Waals surface area contributed by atoms with Gasteiger partial charge in [0.2, 0.25) is 0 Å². The number of phenols is 2. The van der Waals surface area contributed by atoms with Crippen LogP contribution < -0.4 is 0 Å². The minimum Gasteiger partial charge on any atom is -0.507 e. The lowest BCUT2D eigenvalue weighted by Crippen LogP contribution is -2.09. The van der Waals surface area contributed by atoms with E-state index in [0.29, 0.717) is 11.1 Å². The molecule has 2 atom stereocenters. The Balaban J connectivity index is 1.81. The monoisotopic (exact) mass is 448 g/mol. The third-order valence-electron chi connectivity index (χ3n) is 5.70. The van der Waals surface area contributed by atoms with Gasteiger partial charge in [0.05, 0.1) is 0 Å². The summed E-state index contributed by atoms with van der Waals surface area (Å²) in [5.74, 6) is 0.371. The summed E-state index contributed by atoms with van der Waals surface area (Å²) in [6, 6.07) is 30.3. The fourth-order valence-corrected chi connectivity index (χ4v) is 3.88. The predicted molar refractivity (Wildman–Crippen MR) is 139 cm³/mol. The Morgan fingerprint density at radius 2 is 0.941 bits per heavy atom. The highest BCUT2D eigenvalue weighted by Crippen LogP contribution is 2.36. The van der Waals surface area contributed by atoms with Crippen LogP contribution in [-0.4, -0.2) is 22.6 Å². The molecule has 0 amide bonds. The molecule has 0 heterocycles. The summed E-state index contributed by atoms with van der Waals surface area (Å²) >= 11 is 0. The lowest BCUT2D eigenvalue weighted by Gasteiger charge is -2.22. The summed E-state index contributed by atoms with van der Waals surface area (Å²) in [6.07, 6.45) is 3.44. The van der Waals surface area contributed by atoms with Crippen molar-refractivity contribution in [3.63, 3.8) is 0 Å². The average molecular weight is 449 g/mol. The van der Waals surface area contributed by atoms with Gasteiger partial charge in [0.25, 0.3) is 0 Å². The molecule has 170 valence electrons. The van der Waals surface area contributed by atoms with Crippen LogP contribution in [0.5, 0.6) is 11.5 Å². The van der Waals surface area contributed by atoms with E-state index >= 15 is 0 Å². The highest BCUT2D eigenvalue weighted by atomic mass is 16.3. The summed E-state index contributed by atoms with van der Waals surface area (Å²) in [7, 11) is 0. The van der Waals surface area contributed by atoms with Gasteiger partial charge in [-0.15, -0.1) is 0 Å². The maximum absolute atomic E-state index is 10.3.